The van der Waals surface area contributed by atoms with Crippen LogP contribution in [-0.2, 0) is 0 Å². The Morgan fingerprint density at radius 1 is 1.14 bits per heavy atom. The normalized spacial score (nSPS) is 28.6. The fraction of sp³-hybridized carbons (Fsp3) is 0.611. The molecule has 1 saturated heterocycles. The second-order valence-corrected chi connectivity index (χ2v) is 6.58. The summed E-state index contributed by atoms with van der Waals surface area (Å²) in [5.41, 5.74) is 1.42. The van der Waals surface area contributed by atoms with E-state index in [0.29, 0.717) is 5.92 Å². The first-order valence-electron chi connectivity index (χ1n) is 8.51. The van der Waals surface area contributed by atoms with Gasteiger partial charge in [-0.05, 0) is 50.0 Å². The van der Waals surface area contributed by atoms with Crippen LogP contribution in [0.3, 0.4) is 0 Å². The second-order valence-electron chi connectivity index (χ2n) is 6.58. The van der Waals surface area contributed by atoms with E-state index in [-0.39, 0.29) is 24.7 Å². The molecule has 1 aliphatic carbocycles. The molecular formula is C18H26N2O2. The molecule has 2 fully saturated rings. The Bertz CT molecular complexity index is 483. The lowest BCUT2D eigenvalue weighted by molar-refractivity contribution is 0.152. The predicted molar refractivity (Wildman–Crippen MR) is 86.8 cm³/mol. The summed E-state index contributed by atoms with van der Waals surface area (Å²) in [6.07, 6.45) is 6.28. The molecule has 120 valence electrons. The van der Waals surface area contributed by atoms with Crippen LogP contribution < -0.4 is 5.32 Å². The number of benzene rings is 1. The van der Waals surface area contributed by atoms with Gasteiger partial charge >= 0.3 is 6.03 Å². The minimum Gasteiger partial charge on any atom is -0.394 e. The standard InChI is InChI=1S/C18H26N2O2/c21-13-17-7-4-12-20(17)18(22)19-16-10-8-15(9-11-16)14-5-2-1-3-6-14/h1-3,5-6,15-17,21H,4,7-13H2,(H,19,22). The second kappa shape index (κ2) is 7.14. The lowest BCUT2D eigenvalue weighted by Crippen LogP contribution is -2.48. The van der Waals surface area contributed by atoms with Gasteiger partial charge in [-0.2, -0.15) is 0 Å². The molecule has 3 rings (SSSR count). The average molecular weight is 302 g/mol. The van der Waals surface area contributed by atoms with Gasteiger partial charge in [-0.15, -0.1) is 0 Å². The van der Waals surface area contributed by atoms with Gasteiger partial charge in [0.05, 0.1) is 12.6 Å². The van der Waals surface area contributed by atoms with Crippen molar-refractivity contribution in [2.75, 3.05) is 13.2 Å². The largest absolute Gasteiger partial charge is 0.394 e. The van der Waals surface area contributed by atoms with Gasteiger partial charge in [0.15, 0.2) is 0 Å². The Kier molecular flexibility index (Phi) is 4.98. The third kappa shape index (κ3) is 3.43. The van der Waals surface area contributed by atoms with E-state index in [1.165, 1.54) is 5.56 Å². The molecule has 0 spiro atoms. The van der Waals surface area contributed by atoms with Gasteiger partial charge in [0.1, 0.15) is 0 Å². The Labute approximate surface area is 132 Å². The van der Waals surface area contributed by atoms with Crippen molar-refractivity contribution in [2.24, 2.45) is 0 Å². The highest BCUT2D eigenvalue weighted by Crippen LogP contribution is 2.32. The lowest BCUT2D eigenvalue weighted by atomic mass is 9.82. The molecule has 2 aliphatic rings. The molecule has 1 aliphatic heterocycles. The Hall–Kier alpha value is -1.55. The summed E-state index contributed by atoms with van der Waals surface area (Å²) in [4.78, 5) is 14.1. The molecule has 1 heterocycles. The highest BCUT2D eigenvalue weighted by molar-refractivity contribution is 5.75. The van der Waals surface area contributed by atoms with E-state index in [0.717, 1.165) is 45.1 Å². The van der Waals surface area contributed by atoms with Crippen LogP contribution in [0.15, 0.2) is 30.3 Å². The minimum atomic E-state index is 0.0136. The van der Waals surface area contributed by atoms with Crippen LogP contribution >= 0.6 is 0 Å². The Balaban J connectivity index is 1.49. The Morgan fingerprint density at radius 2 is 1.86 bits per heavy atom. The average Bonchev–Trinajstić information content (AvgIpc) is 3.05. The van der Waals surface area contributed by atoms with Gasteiger partial charge in [0.25, 0.3) is 0 Å². The van der Waals surface area contributed by atoms with Crippen LogP contribution in [0.2, 0.25) is 0 Å². The molecule has 0 radical (unpaired) electrons. The van der Waals surface area contributed by atoms with Gasteiger partial charge in [-0.25, -0.2) is 4.79 Å². The monoisotopic (exact) mass is 302 g/mol. The molecule has 1 unspecified atom stereocenters. The third-order valence-corrected chi connectivity index (χ3v) is 5.17. The van der Waals surface area contributed by atoms with E-state index in [2.05, 4.69) is 35.6 Å². The van der Waals surface area contributed by atoms with Crippen LogP contribution in [0.4, 0.5) is 4.79 Å². The number of nitrogens with one attached hydrogen (secondary N) is 1. The Morgan fingerprint density at radius 3 is 2.55 bits per heavy atom. The molecule has 4 heteroatoms. The van der Waals surface area contributed by atoms with Crippen LogP contribution in [0.5, 0.6) is 0 Å². The van der Waals surface area contributed by atoms with Crippen LogP contribution in [0.25, 0.3) is 0 Å². The number of hydrogen-bond donors (Lipinski definition) is 2. The van der Waals surface area contributed by atoms with Crippen LogP contribution in [0.1, 0.15) is 50.0 Å². The summed E-state index contributed by atoms with van der Waals surface area (Å²) in [6.45, 7) is 0.852. The SMILES string of the molecule is O=C(NC1CCC(c2ccccc2)CC1)N1CCCC1CO. The van der Waals surface area contributed by atoms with E-state index >= 15 is 0 Å². The highest BCUT2D eigenvalue weighted by atomic mass is 16.3. The zero-order chi connectivity index (χ0) is 15.4. The molecule has 22 heavy (non-hydrogen) atoms. The maximum absolute atomic E-state index is 12.3. The first-order chi connectivity index (χ1) is 10.8. The van der Waals surface area contributed by atoms with Crippen molar-refractivity contribution < 1.29 is 9.90 Å². The smallest absolute Gasteiger partial charge is 0.317 e. The van der Waals surface area contributed by atoms with E-state index < -0.39 is 0 Å². The minimum absolute atomic E-state index is 0.0136. The topological polar surface area (TPSA) is 52.6 Å². The van der Waals surface area contributed by atoms with Crippen molar-refractivity contribution in [3.8, 4) is 0 Å². The van der Waals surface area contributed by atoms with Crippen molar-refractivity contribution in [3.63, 3.8) is 0 Å². The molecule has 1 aromatic carbocycles. The molecule has 2 amide bonds. The number of urea groups is 1. The van der Waals surface area contributed by atoms with Gasteiger partial charge in [-0.1, -0.05) is 30.3 Å². The summed E-state index contributed by atoms with van der Waals surface area (Å²) in [7, 11) is 0. The number of amides is 2. The summed E-state index contributed by atoms with van der Waals surface area (Å²) in [6, 6.07) is 11.0. The van der Waals surface area contributed by atoms with Crippen LogP contribution in [-0.4, -0.2) is 41.3 Å². The number of carbonyl (C=O) groups is 1. The quantitative estimate of drug-likeness (QED) is 0.902. The lowest BCUT2D eigenvalue weighted by Gasteiger charge is -2.32. The first-order valence-corrected chi connectivity index (χ1v) is 8.51. The van der Waals surface area contributed by atoms with Crippen molar-refractivity contribution >= 4 is 6.03 Å². The zero-order valence-electron chi connectivity index (χ0n) is 13.1. The summed E-state index contributed by atoms with van der Waals surface area (Å²) in [5.74, 6) is 0.631. The van der Waals surface area contributed by atoms with E-state index in [9.17, 15) is 9.90 Å². The number of nitrogens with zero attached hydrogens (tertiary/aromatic N) is 1. The van der Waals surface area contributed by atoms with Gasteiger partial charge < -0.3 is 15.3 Å². The fourth-order valence-corrected chi connectivity index (χ4v) is 3.85. The molecule has 4 nitrogen and oxygen atoms in total. The summed E-state index contributed by atoms with van der Waals surface area (Å²) < 4.78 is 0. The first kappa shape index (κ1) is 15.3. The number of hydrogen-bond acceptors (Lipinski definition) is 2. The van der Waals surface area contributed by atoms with Crippen molar-refractivity contribution in [1.82, 2.24) is 10.2 Å². The molecule has 1 atom stereocenters. The van der Waals surface area contributed by atoms with Crippen LogP contribution in [0, 0.1) is 0 Å². The zero-order valence-corrected chi connectivity index (χ0v) is 13.1. The maximum Gasteiger partial charge on any atom is 0.317 e. The van der Waals surface area contributed by atoms with Crippen molar-refractivity contribution in [2.45, 2.75) is 56.5 Å². The third-order valence-electron chi connectivity index (χ3n) is 5.17. The maximum atomic E-state index is 12.3. The molecule has 0 aromatic heterocycles. The molecule has 0 bridgehead atoms. The van der Waals surface area contributed by atoms with E-state index in [1.54, 1.807) is 0 Å². The van der Waals surface area contributed by atoms with Gasteiger partial charge in [-0.3, -0.25) is 0 Å². The predicted octanol–water partition coefficient (Wildman–Crippen LogP) is 2.88. The number of aliphatic hydroxyl groups is 1. The van der Waals surface area contributed by atoms with Gasteiger partial charge in [0, 0.05) is 12.6 Å². The van der Waals surface area contributed by atoms with Crippen molar-refractivity contribution in [1.29, 1.82) is 0 Å². The molecule has 1 saturated carbocycles. The number of aliphatic hydroxyl groups excluding tert-OH is 1. The summed E-state index contributed by atoms with van der Waals surface area (Å²) >= 11 is 0. The fourth-order valence-electron chi connectivity index (χ4n) is 3.85. The number of likely N-dealkylation sites (tertiary alicyclic amines) is 1. The number of rotatable bonds is 3. The van der Waals surface area contributed by atoms with E-state index in [4.69, 9.17) is 0 Å². The molecule has 1 aromatic rings. The molecule has 2 N–H and O–H groups in total. The van der Waals surface area contributed by atoms with Gasteiger partial charge in [0.2, 0.25) is 0 Å². The number of carbonyl (C=O) groups excluding carboxylic acids is 1. The highest BCUT2D eigenvalue weighted by Gasteiger charge is 2.30. The summed E-state index contributed by atoms with van der Waals surface area (Å²) in [5, 5.41) is 12.5. The van der Waals surface area contributed by atoms with E-state index in [1.807, 2.05) is 4.90 Å². The van der Waals surface area contributed by atoms with Crippen molar-refractivity contribution in [3.05, 3.63) is 35.9 Å². The molecular weight excluding hydrogens is 276 g/mol.